The fourth-order valence-electron chi connectivity index (χ4n) is 3.72. The smallest absolute Gasteiger partial charge is 0.126 e. The Labute approximate surface area is 136 Å². The largest absolute Gasteiger partial charge is 0.508 e. The van der Waals surface area contributed by atoms with Gasteiger partial charge in [-0.2, -0.15) is 0 Å². The van der Waals surface area contributed by atoms with Gasteiger partial charge in [-0.25, -0.2) is 0 Å². The molecule has 0 heterocycles. The summed E-state index contributed by atoms with van der Waals surface area (Å²) in [6.45, 7) is 0. The quantitative estimate of drug-likeness (QED) is 0.755. The number of hydrogen-bond donors (Lipinski definition) is 1. The highest BCUT2D eigenvalue weighted by atomic mass is 16.5. The van der Waals surface area contributed by atoms with Crippen LogP contribution < -0.4 is 0 Å². The minimum absolute atomic E-state index is 0.267. The Morgan fingerprint density at radius 3 is 2.13 bits per heavy atom. The summed E-state index contributed by atoms with van der Waals surface area (Å²) < 4.78 is 6.07. The highest BCUT2D eigenvalue weighted by Gasteiger charge is 2.42. The van der Waals surface area contributed by atoms with Gasteiger partial charge in [-0.05, 0) is 28.3 Å². The van der Waals surface area contributed by atoms with Gasteiger partial charge in [0.15, 0.2) is 0 Å². The van der Waals surface area contributed by atoms with Crippen LogP contribution in [0.15, 0.2) is 72.8 Å². The van der Waals surface area contributed by atoms with Crippen molar-refractivity contribution >= 4 is 0 Å². The van der Waals surface area contributed by atoms with Crippen molar-refractivity contribution in [3.8, 4) is 16.9 Å². The van der Waals surface area contributed by atoms with E-state index >= 15 is 0 Å². The van der Waals surface area contributed by atoms with E-state index in [-0.39, 0.29) is 5.75 Å². The van der Waals surface area contributed by atoms with E-state index in [1.807, 2.05) is 30.3 Å². The monoisotopic (exact) mass is 302 g/mol. The lowest BCUT2D eigenvalue weighted by molar-refractivity contribution is 0.0195. The Morgan fingerprint density at radius 1 is 0.783 bits per heavy atom. The normalized spacial score (nSPS) is 19.0. The molecule has 0 saturated heterocycles. The van der Waals surface area contributed by atoms with E-state index in [0.29, 0.717) is 6.42 Å². The van der Waals surface area contributed by atoms with Crippen LogP contribution in [-0.4, -0.2) is 12.2 Å². The molecule has 1 N–H and O–H groups in total. The Balaban J connectivity index is 2.05. The van der Waals surface area contributed by atoms with Crippen LogP contribution in [0.25, 0.3) is 11.1 Å². The molecule has 1 aliphatic rings. The van der Waals surface area contributed by atoms with Gasteiger partial charge in [-0.1, -0.05) is 66.7 Å². The van der Waals surface area contributed by atoms with Crippen LogP contribution in [0.4, 0.5) is 0 Å². The third-order valence-corrected chi connectivity index (χ3v) is 4.80. The van der Waals surface area contributed by atoms with Gasteiger partial charge in [0.2, 0.25) is 0 Å². The zero-order chi connectivity index (χ0) is 15.9. The maximum Gasteiger partial charge on any atom is 0.126 e. The van der Waals surface area contributed by atoms with Crippen molar-refractivity contribution in [1.29, 1.82) is 0 Å². The number of phenols is 1. The number of phenolic OH excluding ortho intramolecular Hbond substituents is 1. The number of para-hydroxylation sites is 1. The second-order valence-electron chi connectivity index (χ2n) is 5.93. The Morgan fingerprint density at radius 2 is 1.39 bits per heavy atom. The molecule has 0 amide bonds. The summed E-state index contributed by atoms with van der Waals surface area (Å²) in [4.78, 5) is 0. The van der Waals surface area contributed by atoms with Crippen LogP contribution in [0.1, 0.15) is 16.7 Å². The van der Waals surface area contributed by atoms with E-state index in [9.17, 15) is 5.11 Å². The molecule has 1 atom stereocenters. The molecule has 3 aromatic carbocycles. The number of aromatic hydroxyl groups is 1. The average molecular weight is 302 g/mol. The predicted octanol–water partition coefficient (Wildman–Crippen LogP) is 4.51. The molecule has 0 spiro atoms. The van der Waals surface area contributed by atoms with Gasteiger partial charge in [0, 0.05) is 19.1 Å². The van der Waals surface area contributed by atoms with Crippen molar-refractivity contribution in [2.24, 2.45) is 0 Å². The summed E-state index contributed by atoms with van der Waals surface area (Å²) in [5, 5.41) is 10.5. The molecule has 0 aromatic heterocycles. The molecular weight excluding hydrogens is 284 g/mol. The maximum absolute atomic E-state index is 10.5. The van der Waals surface area contributed by atoms with E-state index in [1.54, 1.807) is 13.2 Å². The van der Waals surface area contributed by atoms with Crippen molar-refractivity contribution in [1.82, 2.24) is 0 Å². The summed E-state index contributed by atoms with van der Waals surface area (Å²) >= 11 is 0. The van der Waals surface area contributed by atoms with E-state index in [4.69, 9.17) is 4.74 Å². The Bertz CT molecular complexity index is 869. The third-order valence-electron chi connectivity index (χ3n) is 4.80. The van der Waals surface area contributed by atoms with Crippen LogP contribution in [0, 0.1) is 0 Å². The summed E-state index contributed by atoms with van der Waals surface area (Å²) in [5.41, 5.74) is 4.88. The zero-order valence-electron chi connectivity index (χ0n) is 13.0. The van der Waals surface area contributed by atoms with Crippen molar-refractivity contribution in [2.75, 3.05) is 7.11 Å². The molecule has 1 unspecified atom stereocenters. The lowest BCUT2D eigenvalue weighted by atomic mass is 9.72. The van der Waals surface area contributed by atoms with E-state index in [1.165, 1.54) is 16.7 Å². The highest BCUT2D eigenvalue weighted by Crippen LogP contribution is 2.49. The first-order valence-corrected chi connectivity index (χ1v) is 7.78. The van der Waals surface area contributed by atoms with Crippen molar-refractivity contribution in [2.45, 2.75) is 12.0 Å². The fourth-order valence-corrected chi connectivity index (χ4v) is 3.72. The molecule has 0 fully saturated rings. The molecule has 2 nitrogen and oxygen atoms in total. The van der Waals surface area contributed by atoms with E-state index in [2.05, 4.69) is 36.4 Å². The molecule has 4 rings (SSSR count). The summed E-state index contributed by atoms with van der Waals surface area (Å²) in [6.07, 6.45) is 0.703. The van der Waals surface area contributed by atoms with Gasteiger partial charge in [0.25, 0.3) is 0 Å². The molecule has 0 radical (unpaired) electrons. The first kappa shape index (κ1) is 14.0. The molecule has 0 saturated carbocycles. The van der Waals surface area contributed by atoms with Crippen LogP contribution in [0.5, 0.6) is 5.75 Å². The van der Waals surface area contributed by atoms with Gasteiger partial charge in [0.05, 0.1) is 0 Å². The second kappa shape index (κ2) is 5.25. The first-order valence-electron chi connectivity index (χ1n) is 7.78. The van der Waals surface area contributed by atoms with Crippen LogP contribution >= 0.6 is 0 Å². The highest BCUT2D eigenvalue weighted by molar-refractivity contribution is 5.76. The van der Waals surface area contributed by atoms with Gasteiger partial charge >= 0.3 is 0 Å². The Kier molecular flexibility index (Phi) is 3.21. The summed E-state index contributed by atoms with van der Waals surface area (Å²) in [6, 6.07) is 24.2. The average Bonchev–Trinajstić information content (AvgIpc) is 2.61. The molecule has 2 heteroatoms. The molecular formula is C21H18O2. The number of methoxy groups -OCH3 is 1. The van der Waals surface area contributed by atoms with E-state index in [0.717, 1.165) is 11.1 Å². The third kappa shape index (κ3) is 1.99. The molecule has 0 bridgehead atoms. The number of fused-ring (bicyclic) bond motifs is 3. The van der Waals surface area contributed by atoms with Crippen molar-refractivity contribution < 1.29 is 9.84 Å². The minimum atomic E-state index is -0.670. The van der Waals surface area contributed by atoms with Crippen LogP contribution in [0.2, 0.25) is 0 Å². The van der Waals surface area contributed by atoms with Crippen molar-refractivity contribution in [3.63, 3.8) is 0 Å². The predicted molar refractivity (Wildman–Crippen MR) is 91.5 cm³/mol. The molecule has 3 aromatic rings. The second-order valence-corrected chi connectivity index (χ2v) is 5.93. The lowest BCUT2D eigenvalue weighted by Gasteiger charge is -2.39. The Hall–Kier alpha value is -2.58. The molecule has 1 aliphatic carbocycles. The number of rotatable bonds is 2. The minimum Gasteiger partial charge on any atom is -0.508 e. The van der Waals surface area contributed by atoms with Crippen LogP contribution in [0.3, 0.4) is 0 Å². The molecule has 114 valence electrons. The molecule has 23 heavy (non-hydrogen) atoms. The van der Waals surface area contributed by atoms with Crippen molar-refractivity contribution in [3.05, 3.63) is 89.5 Å². The molecule has 0 aliphatic heterocycles. The zero-order valence-corrected chi connectivity index (χ0v) is 13.0. The standard InChI is InChI=1S/C21H18O2/c1-23-21(19-12-6-7-13-20(19)22)14-15-8-2-3-9-16(15)17-10-4-5-11-18(17)21/h2-13,22H,14H2,1H3. The number of hydrogen-bond acceptors (Lipinski definition) is 2. The van der Waals surface area contributed by atoms with Gasteiger partial charge < -0.3 is 9.84 Å². The van der Waals surface area contributed by atoms with Gasteiger partial charge in [-0.15, -0.1) is 0 Å². The SMILES string of the molecule is COC1(c2ccccc2O)Cc2ccccc2-c2ccccc21. The fraction of sp³-hybridized carbons (Fsp3) is 0.143. The first-order chi connectivity index (χ1) is 11.3. The maximum atomic E-state index is 10.5. The van der Waals surface area contributed by atoms with Gasteiger partial charge in [-0.3, -0.25) is 0 Å². The summed E-state index contributed by atoms with van der Waals surface area (Å²) in [5.74, 6) is 0.267. The number of benzene rings is 3. The topological polar surface area (TPSA) is 29.5 Å². The lowest BCUT2D eigenvalue weighted by Crippen LogP contribution is -2.36. The van der Waals surface area contributed by atoms with E-state index < -0.39 is 5.60 Å². The summed E-state index contributed by atoms with van der Waals surface area (Å²) in [7, 11) is 1.72. The number of ether oxygens (including phenoxy) is 1. The van der Waals surface area contributed by atoms with Gasteiger partial charge in [0.1, 0.15) is 11.4 Å². The van der Waals surface area contributed by atoms with Crippen LogP contribution in [-0.2, 0) is 16.8 Å².